The fourth-order valence-corrected chi connectivity index (χ4v) is 3.22. The van der Waals surface area contributed by atoms with Gasteiger partial charge in [0, 0.05) is 41.4 Å². The van der Waals surface area contributed by atoms with Crippen molar-refractivity contribution in [1.82, 2.24) is 5.32 Å². The standard InChI is InChI=1S/C17H20N2O4S/c1-2-23-17-9-8-15(19(20)21)12-14(17)13-18-10-11-24(22)16-6-4-3-5-7-16/h3-9,12,18H,2,10-11,13H2,1H3/t24-/m1/s1. The SMILES string of the molecule is CCOc1ccc([N+](=O)[O-])cc1CNCC[S@@](=O)c1ccccc1. The van der Waals surface area contributed by atoms with Crippen molar-refractivity contribution in [1.29, 1.82) is 0 Å². The van der Waals surface area contributed by atoms with E-state index in [0.29, 0.717) is 31.2 Å². The Bertz CT molecular complexity index is 707. The third-order valence-electron chi connectivity index (χ3n) is 3.34. The van der Waals surface area contributed by atoms with Gasteiger partial charge in [0.15, 0.2) is 0 Å². The molecule has 0 bridgehead atoms. The van der Waals surface area contributed by atoms with Crippen LogP contribution in [-0.2, 0) is 17.3 Å². The average molecular weight is 348 g/mol. The Labute approximate surface area is 143 Å². The molecule has 24 heavy (non-hydrogen) atoms. The maximum absolute atomic E-state index is 12.1. The van der Waals surface area contributed by atoms with E-state index in [4.69, 9.17) is 4.74 Å². The van der Waals surface area contributed by atoms with Crippen LogP contribution < -0.4 is 10.1 Å². The Morgan fingerprint density at radius 1 is 1.21 bits per heavy atom. The minimum Gasteiger partial charge on any atom is -0.494 e. The molecule has 0 amide bonds. The van der Waals surface area contributed by atoms with Gasteiger partial charge in [0.05, 0.1) is 22.3 Å². The van der Waals surface area contributed by atoms with Crippen LogP contribution in [0.25, 0.3) is 0 Å². The van der Waals surface area contributed by atoms with Gasteiger partial charge in [-0.3, -0.25) is 14.3 Å². The first-order valence-electron chi connectivity index (χ1n) is 7.66. The quantitative estimate of drug-likeness (QED) is 0.428. The zero-order valence-corrected chi connectivity index (χ0v) is 14.3. The smallest absolute Gasteiger partial charge is 0.270 e. The number of ether oxygens (including phenoxy) is 1. The molecule has 0 radical (unpaired) electrons. The molecule has 0 heterocycles. The molecule has 2 aromatic carbocycles. The molecule has 0 unspecified atom stereocenters. The van der Waals surface area contributed by atoms with E-state index < -0.39 is 15.7 Å². The second kappa shape index (κ2) is 9.14. The van der Waals surface area contributed by atoms with Crippen molar-refractivity contribution in [3.05, 3.63) is 64.2 Å². The lowest BCUT2D eigenvalue weighted by Crippen LogP contribution is -2.20. The zero-order chi connectivity index (χ0) is 17.4. The molecule has 7 heteroatoms. The van der Waals surface area contributed by atoms with Gasteiger partial charge in [-0.05, 0) is 25.1 Å². The van der Waals surface area contributed by atoms with E-state index in [1.807, 2.05) is 37.3 Å². The molecular weight excluding hydrogens is 328 g/mol. The van der Waals surface area contributed by atoms with E-state index in [1.54, 1.807) is 6.07 Å². The highest BCUT2D eigenvalue weighted by molar-refractivity contribution is 7.85. The normalized spacial score (nSPS) is 11.9. The highest BCUT2D eigenvalue weighted by Gasteiger charge is 2.11. The van der Waals surface area contributed by atoms with Crippen molar-refractivity contribution in [3.63, 3.8) is 0 Å². The van der Waals surface area contributed by atoms with Crippen LogP contribution in [0.4, 0.5) is 5.69 Å². The molecule has 1 N–H and O–H groups in total. The summed E-state index contributed by atoms with van der Waals surface area (Å²) in [5, 5.41) is 14.1. The lowest BCUT2D eigenvalue weighted by Gasteiger charge is -2.11. The van der Waals surface area contributed by atoms with Crippen molar-refractivity contribution in [2.75, 3.05) is 18.9 Å². The molecular formula is C17H20N2O4S. The Balaban J connectivity index is 1.92. The van der Waals surface area contributed by atoms with E-state index in [-0.39, 0.29) is 5.69 Å². The molecule has 0 aromatic heterocycles. The van der Waals surface area contributed by atoms with Crippen LogP contribution in [0, 0.1) is 10.1 Å². The van der Waals surface area contributed by atoms with E-state index in [0.717, 1.165) is 10.5 Å². The molecule has 0 saturated carbocycles. The van der Waals surface area contributed by atoms with Gasteiger partial charge in [-0.15, -0.1) is 0 Å². The van der Waals surface area contributed by atoms with Gasteiger partial charge in [-0.2, -0.15) is 0 Å². The van der Waals surface area contributed by atoms with E-state index in [2.05, 4.69) is 5.32 Å². The van der Waals surface area contributed by atoms with Gasteiger partial charge in [-0.1, -0.05) is 18.2 Å². The molecule has 0 aliphatic rings. The molecule has 0 aliphatic carbocycles. The number of hydrogen-bond acceptors (Lipinski definition) is 5. The summed E-state index contributed by atoms with van der Waals surface area (Å²) in [5.74, 6) is 1.10. The van der Waals surface area contributed by atoms with Gasteiger partial charge in [0.2, 0.25) is 0 Å². The molecule has 0 fully saturated rings. The third kappa shape index (κ3) is 5.14. The van der Waals surface area contributed by atoms with Crippen molar-refractivity contribution < 1.29 is 13.9 Å². The van der Waals surface area contributed by atoms with Crippen LogP contribution in [0.5, 0.6) is 5.75 Å². The van der Waals surface area contributed by atoms with E-state index >= 15 is 0 Å². The predicted molar refractivity (Wildman–Crippen MR) is 93.7 cm³/mol. The van der Waals surface area contributed by atoms with Crippen LogP contribution in [0.2, 0.25) is 0 Å². The van der Waals surface area contributed by atoms with Crippen molar-refractivity contribution in [3.8, 4) is 5.75 Å². The summed E-state index contributed by atoms with van der Waals surface area (Å²) in [6.45, 7) is 3.31. The predicted octanol–water partition coefficient (Wildman–Crippen LogP) is 2.89. The first-order valence-corrected chi connectivity index (χ1v) is 8.98. The summed E-state index contributed by atoms with van der Waals surface area (Å²) >= 11 is 0. The monoisotopic (exact) mass is 348 g/mol. The maximum atomic E-state index is 12.1. The second-order valence-corrected chi connectivity index (χ2v) is 6.59. The topological polar surface area (TPSA) is 81.5 Å². The first kappa shape index (κ1) is 18.1. The van der Waals surface area contributed by atoms with Gasteiger partial charge < -0.3 is 10.1 Å². The van der Waals surface area contributed by atoms with Crippen LogP contribution in [0.15, 0.2) is 53.4 Å². The van der Waals surface area contributed by atoms with E-state index in [9.17, 15) is 14.3 Å². The molecule has 0 spiro atoms. The van der Waals surface area contributed by atoms with Crippen LogP contribution >= 0.6 is 0 Å². The molecule has 6 nitrogen and oxygen atoms in total. The van der Waals surface area contributed by atoms with Gasteiger partial charge in [-0.25, -0.2) is 0 Å². The fraction of sp³-hybridized carbons (Fsp3) is 0.294. The Hall–Kier alpha value is -2.25. The minimum absolute atomic E-state index is 0.0307. The molecule has 0 saturated heterocycles. The summed E-state index contributed by atoms with van der Waals surface area (Å²) < 4.78 is 17.6. The maximum Gasteiger partial charge on any atom is 0.270 e. The van der Waals surface area contributed by atoms with Crippen molar-refractivity contribution in [2.45, 2.75) is 18.4 Å². The summed E-state index contributed by atoms with van der Waals surface area (Å²) in [6.07, 6.45) is 0. The lowest BCUT2D eigenvalue weighted by molar-refractivity contribution is -0.384. The molecule has 2 rings (SSSR count). The Kier molecular flexibility index (Phi) is 6.89. The molecule has 2 aromatic rings. The fourth-order valence-electron chi connectivity index (χ4n) is 2.19. The molecule has 1 atom stereocenters. The van der Waals surface area contributed by atoms with Gasteiger partial charge in [0.25, 0.3) is 5.69 Å². The number of nitrogens with one attached hydrogen (secondary N) is 1. The number of benzene rings is 2. The molecule has 0 aliphatic heterocycles. The summed E-state index contributed by atoms with van der Waals surface area (Å²) in [7, 11) is -1.06. The number of hydrogen-bond donors (Lipinski definition) is 1. The van der Waals surface area contributed by atoms with Crippen LogP contribution in [0.3, 0.4) is 0 Å². The Morgan fingerprint density at radius 3 is 2.62 bits per heavy atom. The second-order valence-electron chi connectivity index (χ2n) is 5.02. The lowest BCUT2D eigenvalue weighted by atomic mass is 10.1. The average Bonchev–Trinajstić information content (AvgIpc) is 2.60. The van der Waals surface area contributed by atoms with Gasteiger partial charge >= 0.3 is 0 Å². The zero-order valence-electron chi connectivity index (χ0n) is 13.4. The number of non-ortho nitro benzene ring substituents is 1. The van der Waals surface area contributed by atoms with Crippen LogP contribution in [0.1, 0.15) is 12.5 Å². The Morgan fingerprint density at radius 2 is 1.96 bits per heavy atom. The first-order chi connectivity index (χ1) is 11.6. The highest BCUT2D eigenvalue weighted by Crippen LogP contribution is 2.24. The van der Waals surface area contributed by atoms with Gasteiger partial charge in [0.1, 0.15) is 5.75 Å². The number of nitrogens with zero attached hydrogens (tertiary/aromatic N) is 1. The van der Waals surface area contributed by atoms with Crippen LogP contribution in [-0.4, -0.2) is 28.0 Å². The minimum atomic E-state index is -1.06. The summed E-state index contributed by atoms with van der Waals surface area (Å²) in [6, 6.07) is 13.8. The number of nitro benzene ring substituents is 1. The van der Waals surface area contributed by atoms with Crippen molar-refractivity contribution >= 4 is 16.5 Å². The number of nitro groups is 1. The number of rotatable bonds is 9. The molecule has 128 valence electrons. The van der Waals surface area contributed by atoms with Crippen molar-refractivity contribution in [2.24, 2.45) is 0 Å². The third-order valence-corrected chi connectivity index (χ3v) is 4.71. The summed E-state index contributed by atoms with van der Waals surface area (Å²) in [4.78, 5) is 11.3. The largest absolute Gasteiger partial charge is 0.494 e. The summed E-state index contributed by atoms with van der Waals surface area (Å²) in [5.41, 5.74) is 0.750. The highest BCUT2D eigenvalue weighted by atomic mass is 32.2. The van der Waals surface area contributed by atoms with E-state index in [1.165, 1.54) is 12.1 Å².